The smallest absolute Gasteiger partial charge is 0.341 e. The second kappa shape index (κ2) is 10.1. The highest BCUT2D eigenvalue weighted by atomic mass is 16.5. The Kier molecular flexibility index (Phi) is 7.79. The Hall–Kier alpha value is -2.86. The topological polar surface area (TPSA) is 78.9 Å². The summed E-state index contributed by atoms with van der Waals surface area (Å²) >= 11 is 0. The summed E-state index contributed by atoms with van der Waals surface area (Å²) in [5.41, 5.74) is 1.45. The molecule has 0 radical (unpaired) electrons. The maximum absolute atomic E-state index is 13.1. The molecular weight excluding hydrogens is 368 g/mol. The van der Waals surface area contributed by atoms with Gasteiger partial charge in [-0.1, -0.05) is 42.5 Å². The number of ether oxygens (including phenoxy) is 1. The second-order valence-corrected chi connectivity index (χ2v) is 7.82. The minimum Gasteiger partial charge on any atom is -0.449 e. The van der Waals surface area contributed by atoms with Crippen molar-refractivity contribution in [3.05, 3.63) is 65.7 Å². The zero-order valence-corrected chi connectivity index (χ0v) is 17.5. The van der Waals surface area contributed by atoms with Gasteiger partial charge in [-0.2, -0.15) is 0 Å². The molecule has 29 heavy (non-hydrogen) atoms. The van der Waals surface area contributed by atoms with Crippen molar-refractivity contribution >= 4 is 17.6 Å². The highest BCUT2D eigenvalue weighted by Crippen LogP contribution is 2.21. The predicted octanol–water partition coefficient (Wildman–Crippen LogP) is 3.46. The number of carbonyl (C=O) groups excluding carboxylic acids is 2. The Morgan fingerprint density at radius 1 is 1.07 bits per heavy atom. The van der Waals surface area contributed by atoms with Gasteiger partial charge in [0.2, 0.25) is 0 Å². The molecule has 0 saturated heterocycles. The van der Waals surface area contributed by atoms with Crippen LogP contribution >= 0.6 is 0 Å². The van der Waals surface area contributed by atoms with Crippen LogP contribution in [0.4, 0.5) is 5.69 Å². The molecule has 0 aliphatic carbocycles. The molecule has 0 spiro atoms. The molecule has 156 valence electrons. The van der Waals surface area contributed by atoms with Crippen molar-refractivity contribution in [2.45, 2.75) is 45.9 Å². The van der Waals surface area contributed by atoms with E-state index >= 15 is 0 Å². The molecule has 0 aromatic heterocycles. The molecular formula is C23H30N2O4. The first-order valence-corrected chi connectivity index (χ1v) is 9.74. The summed E-state index contributed by atoms with van der Waals surface area (Å²) < 4.78 is 5.50. The molecule has 6 heteroatoms. The van der Waals surface area contributed by atoms with Gasteiger partial charge in [-0.25, -0.2) is 4.79 Å². The Morgan fingerprint density at radius 2 is 1.69 bits per heavy atom. The van der Waals surface area contributed by atoms with Crippen LogP contribution in [-0.4, -0.2) is 46.7 Å². The summed E-state index contributed by atoms with van der Waals surface area (Å²) in [6, 6.07) is 16.6. The third-order valence-corrected chi connectivity index (χ3v) is 4.47. The lowest BCUT2D eigenvalue weighted by molar-refractivity contribution is -0.145. The number of esters is 1. The second-order valence-electron chi connectivity index (χ2n) is 7.82. The van der Waals surface area contributed by atoms with E-state index in [1.165, 1.54) is 0 Å². The van der Waals surface area contributed by atoms with Gasteiger partial charge < -0.3 is 20.1 Å². The van der Waals surface area contributed by atoms with Crippen LogP contribution in [0.3, 0.4) is 0 Å². The van der Waals surface area contributed by atoms with E-state index in [4.69, 9.17) is 9.84 Å². The van der Waals surface area contributed by atoms with Crippen LogP contribution in [0.2, 0.25) is 0 Å². The van der Waals surface area contributed by atoms with Crippen LogP contribution in [0.15, 0.2) is 54.6 Å². The minimum atomic E-state index is -0.934. The number of aliphatic hydroxyl groups excluding tert-OH is 1. The quantitative estimate of drug-likeness (QED) is 0.666. The first-order valence-electron chi connectivity index (χ1n) is 9.74. The third kappa shape index (κ3) is 6.32. The van der Waals surface area contributed by atoms with Gasteiger partial charge in [0.15, 0.2) is 6.10 Å². The number of rotatable bonds is 8. The summed E-state index contributed by atoms with van der Waals surface area (Å²) in [5.74, 6) is -0.837. The fraction of sp³-hybridized carbons (Fsp3) is 0.391. The number of hydrogen-bond donors (Lipinski definition) is 2. The number of para-hydroxylation sites is 1. The Bertz CT molecular complexity index is 815. The molecule has 0 saturated carbocycles. The van der Waals surface area contributed by atoms with Gasteiger partial charge in [0.05, 0.1) is 12.2 Å². The number of anilines is 1. The lowest BCUT2D eigenvalue weighted by Gasteiger charge is -2.37. The SMILES string of the molecule is C[C@H](OC(=O)c1ccccc1NCCO)C(=O)N(Cc1ccccc1)C(C)(C)C. The Morgan fingerprint density at radius 3 is 2.31 bits per heavy atom. The highest BCUT2D eigenvalue weighted by molar-refractivity contribution is 5.97. The van der Waals surface area contributed by atoms with Gasteiger partial charge in [0.1, 0.15) is 0 Å². The van der Waals surface area contributed by atoms with E-state index in [0.29, 0.717) is 24.3 Å². The predicted molar refractivity (Wildman–Crippen MR) is 114 cm³/mol. The van der Waals surface area contributed by atoms with Crippen molar-refractivity contribution < 1.29 is 19.4 Å². The van der Waals surface area contributed by atoms with Crippen LogP contribution in [-0.2, 0) is 16.1 Å². The average Bonchev–Trinajstić information content (AvgIpc) is 2.70. The van der Waals surface area contributed by atoms with E-state index in [1.807, 2.05) is 51.1 Å². The molecule has 0 bridgehead atoms. The van der Waals surface area contributed by atoms with E-state index in [1.54, 1.807) is 36.1 Å². The van der Waals surface area contributed by atoms with Gasteiger partial charge in [0, 0.05) is 24.3 Å². The number of nitrogens with one attached hydrogen (secondary N) is 1. The van der Waals surface area contributed by atoms with E-state index in [9.17, 15) is 9.59 Å². The molecule has 0 aliphatic heterocycles. The Balaban J connectivity index is 2.14. The van der Waals surface area contributed by atoms with Crippen LogP contribution in [0.5, 0.6) is 0 Å². The summed E-state index contributed by atoms with van der Waals surface area (Å²) in [6.45, 7) is 8.14. The lowest BCUT2D eigenvalue weighted by Crippen LogP contribution is -2.49. The van der Waals surface area contributed by atoms with Gasteiger partial charge in [-0.15, -0.1) is 0 Å². The molecule has 2 aromatic carbocycles. The minimum absolute atomic E-state index is 0.0572. The number of nitrogens with zero attached hydrogens (tertiary/aromatic N) is 1. The van der Waals surface area contributed by atoms with E-state index in [2.05, 4.69) is 5.32 Å². The first-order chi connectivity index (χ1) is 13.7. The third-order valence-electron chi connectivity index (χ3n) is 4.47. The van der Waals surface area contributed by atoms with E-state index in [-0.39, 0.29) is 12.5 Å². The summed E-state index contributed by atoms with van der Waals surface area (Å²) in [6.07, 6.45) is -0.934. The van der Waals surface area contributed by atoms with Gasteiger partial charge in [-0.05, 0) is 45.4 Å². The van der Waals surface area contributed by atoms with Crippen molar-refractivity contribution in [2.24, 2.45) is 0 Å². The highest BCUT2D eigenvalue weighted by Gasteiger charge is 2.32. The van der Waals surface area contributed by atoms with Crippen LogP contribution < -0.4 is 5.32 Å². The molecule has 1 amide bonds. The maximum atomic E-state index is 13.1. The van der Waals surface area contributed by atoms with Gasteiger partial charge in [-0.3, -0.25) is 4.79 Å². The molecule has 1 atom stereocenters. The van der Waals surface area contributed by atoms with Crippen LogP contribution in [0.1, 0.15) is 43.6 Å². The monoisotopic (exact) mass is 398 g/mol. The Labute approximate surface area is 172 Å². The molecule has 0 heterocycles. The fourth-order valence-corrected chi connectivity index (χ4v) is 2.91. The molecule has 0 aliphatic rings. The summed E-state index contributed by atoms with van der Waals surface area (Å²) in [4.78, 5) is 27.5. The number of carbonyl (C=O) groups is 2. The first kappa shape index (κ1) is 22.4. The van der Waals surface area contributed by atoms with Crippen LogP contribution in [0, 0.1) is 0 Å². The fourth-order valence-electron chi connectivity index (χ4n) is 2.91. The number of amides is 1. The number of benzene rings is 2. The van der Waals surface area contributed by atoms with Crippen molar-refractivity contribution in [3.8, 4) is 0 Å². The largest absolute Gasteiger partial charge is 0.449 e. The molecule has 2 aromatic rings. The molecule has 2 N–H and O–H groups in total. The number of aliphatic hydroxyl groups is 1. The van der Waals surface area contributed by atoms with Crippen LogP contribution in [0.25, 0.3) is 0 Å². The standard InChI is InChI=1S/C23H30N2O4/c1-17(29-22(28)19-12-8-9-13-20(19)24-14-15-26)21(27)25(23(2,3)4)16-18-10-6-5-7-11-18/h5-13,17,24,26H,14-16H2,1-4H3/t17-/m0/s1. The summed E-state index contributed by atoms with van der Waals surface area (Å²) in [5, 5.41) is 12.0. The molecule has 6 nitrogen and oxygen atoms in total. The van der Waals surface area contributed by atoms with Crippen molar-refractivity contribution in [1.82, 2.24) is 4.90 Å². The van der Waals surface area contributed by atoms with Crippen molar-refractivity contribution in [1.29, 1.82) is 0 Å². The zero-order chi connectivity index (χ0) is 21.4. The molecule has 0 fully saturated rings. The van der Waals surface area contributed by atoms with Gasteiger partial charge in [0.25, 0.3) is 5.91 Å². The van der Waals surface area contributed by atoms with Crippen molar-refractivity contribution in [3.63, 3.8) is 0 Å². The van der Waals surface area contributed by atoms with Gasteiger partial charge >= 0.3 is 5.97 Å². The zero-order valence-electron chi connectivity index (χ0n) is 17.5. The maximum Gasteiger partial charge on any atom is 0.341 e. The molecule has 2 rings (SSSR count). The number of hydrogen-bond acceptors (Lipinski definition) is 5. The normalized spacial score (nSPS) is 12.2. The van der Waals surface area contributed by atoms with Crippen molar-refractivity contribution in [2.75, 3.05) is 18.5 Å². The van der Waals surface area contributed by atoms with E-state index in [0.717, 1.165) is 5.56 Å². The molecule has 0 unspecified atom stereocenters. The van der Waals surface area contributed by atoms with E-state index < -0.39 is 17.6 Å². The summed E-state index contributed by atoms with van der Waals surface area (Å²) in [7, 11) is 0. The average molecular weight is 399 g/mol. The lowest BCUT2D eigenvalue weighted by atomic mass is 10.0.